The Bertz CT molecular complexity index is 1060. The Morgan fingerprint density at radius 2 is 1.97 bits per heavy atom. The predicted octanol–water partition coefficient (Wildman–Crippen LogP) is 6.58. The fraction of sp³-hybridized carbons (Fsp3) is 0.500. The van der Waals surface area contributed by atoms with Gasteiger partial charge in [-0.15, -0.1) is 0 Å². The molecule has 0 radical (unpaired) electrons. The molecule has 180 valence electrons. The average Bonchev–Trinajstić information content (AvgIpc) is 3.12. The molecule has 0 aromatic heterocycles. The van der Waals surface area contributed by atoms with E-state index in [-0.39, 0.29) is 17.5 Å². The van der Waals surface area contributed by atoms with Crippen LogP contribution in [-0.2, 0) is 27.3 Å². The third-order valence-corrected chi connectivity index (χ3v) is 8.46. The van der Waals surface area contributed by atoms with Crippen LogP contribution in [0, 0.1) is 17.3 Å². The molecular weight excluding hydrogens is 424 g/mol. The number of hydrogen-bond donors (Lipinski definition) is 0. The molecule has 0 heterocycles. The maximum atomic E-state index is 12.0. The summed E-state index contributed by atoms with van der Waals surface area (Å²) in [6.07, 6.45) is 7.12. The third kappa shape index (κ3) is 4.23. The van der Waals surface area contributed by atoms with E-state index in [1.807, 2.05) is 31.4 Å². The smallest absolute Gasteiger partial charge is 0.303 e. The number of esters is 1. The van der Waals surface area contributed by atoms with Crippen molar-refractivity contribution in [1.29, 1.82) is 0 Å². The fourth-order valence-corrected chi connectivity index (χ4v) is 6.91. The molecular formula is C30H36O4. The fourth-order valence-electron chi connectivity index (χ4n) is 6.91. The molecule has 0 spiro atoms. The van der Waals surface area contributed by atoms with Gasteiger partial charge in [0.05, 0.1) is 12.9 Å². The second-order valence-corrected chi connectivity index (χ2v) is 10.4. The average molecular weight is 461 g/mol. The zero-order chi connectivity index (χ0) is 23.7. The molecule has 0 N–H and O–H groups in total. The van der Waals surface area contributed by atoms with Crippen LogP contribution in [0.4, 0.5) is 0 Å². The number of benzene rings is 2. The Hall–Kier alpha value is -2.75. The van der Waals surface area contributed by atoms with Gasteiger partial charge in [0, 0.05) is 17.9 Å². The van der Waals surface area contributed by atoms with Gasteiger partial charge in [-0.2, -0.15) is 0 Å². The summed E-state index contributed by atoms with van der Waals surface area (Å²) in [5.41, 5.74) is 5.25. The van der Waals surface area contributed by atoms with Crippen molar-refractivity contribution >= 4 is 5.97 Å². The predicted molar refractivity (Wildman–Crippen MR) is 132 cm³/mol. The van der Waals surface area contributed by atoms with Crippen LogP contribution in [0.15, 0.2) is 60.4 Å². The summed E-state index contributed by atoms with van der Waals surface area (Å²) in [5.74, 6) is 2.43. The van der Waals surface area contributed by atoms with Gasteiger partial charge >= 0.3 is 5.97 Å². The second kappa shape index (κ2) is 9.48. The van der Waals surface area contributed by atoms with Gasteiger partial charge in [-0.25, -0.2) is 0 Å². The van der Waals surface area contributed by atoms with E-state index in [1.54, 1.807) is 0 Å². The molecule has 3 unspecified atom stereocenters. The molecule has 2 aromatic rings. The molecule has 34 heavy (non-hydrogen) atoms. The van der Waals surface area contributed by atoms with Crippen LogP contribution in [0.25, 0.3) is 0 Å². The highest BCUT2D eigenvalue weighted by Gasteiger charge is 2.58. The van der Waals surface area contributed by atoms with Crippen molar-refractivity contribution in [2.24, 2.45) is 17.3 Å². The number of hydrogen-bond acceptors (Lipinski definition) is 4. The highest BCUT2D eigenvalue weighted by molar-refractivity contribution is 5.66. The summed E-state index contributed by atoms with van der Waals surface area (Å²) in [6, 6.07) is 17.0. The molecule has 0 saturated heterocycles. The van der Waals surface area contributed by atoms with Crippen LogP contribution >= 0.6 is 0 Å². The second-order valence-electron chi connectivity index (χ2n) is 10.4. The molecule has 3 aliphatic carbocycles. The normalized spacial score (nSPS) is 30.7. The van der Waals surface area contributed by atoms with E-state index in [2.05, 4.69) is 37.3 Å². The van der Waals surface area contributed by atoms with Gasteiger partial charge in [-0.1, -0.05) is 43.3 Å². The Balaban J connectivity index is 1.36. The number of rotatable bonds is 6. The van der Waals surface area contributed by atoms with Crippen molar-refractivity contribution in [2.45, 2.75) is 71.5 Å². The molecule has 2 saturated carbocycles. The maximum Gasteiger partial charge on any atom is 0.303 e. The number of carbonyl (C=O) groups is 1. The van der Waals surface area contributed by atoms with E-state index in [1.165, 1.54) is 30.0 Å². The summed E-state index contributed by atoms with van der Waals surface area (Å²) < 4.78 is 17.7. The molecule has 0 bridgehead atoms. The van der Waals surface area contributed by atoms with Crippen LogP contribution in [-0.4, -0.2) is 18.7 Å². The molecule has 4 heteroatoms. The highest BCUT2D eigenvalue weighted by atomic mass is 16.5. The Morgan fingerprint density at radius 1 is 1.15 bits per heavy atom. The van der Waals surface area contributed by atoms with Gasteiger partial charge in [-0.3, -0.25) is 4.79 Å². The summed E-state index contributed by atoms with van der Waals surface area (Å²) >= 11 is 0. The summed E-state index contributed by atoms with van der Waals surface area (Å²) in [7, 11) is 0. The molecule has 0 amide bonds. The number of aryl methyl sites for hydroxylation is 1. The number of carbonyl (C=O) groups excluding carboxylic acids is 1. The van der Waals surface area contributed by atoms with E-state index >= 15 is 0 Å². The first-order chi connectivity index (χ1) is 16.5. The number of fused-ring (bicyclic) bond motifs is 5. The van der Waals surface area contributed by atoms with Crippen molar-refractivity contribution in [3.8, 4) is 5.75 Å². The zero-order valence-corrected chi connectivity index (χ0v) is 20.6. The third-order valence-electron chi connectivity index (χ3n) is 8.46. The Labute approximate surface area is 203 Å². The molecule has 4 nitrogen and oxygen atoms in total. The summed E-state index contributed by atoms with van der Waals surface area (Å²) in [6.45, 7) is 7.08. The minimum absolute atomic E-state index is 0.0218. The molecule has 2 aromatic carbocycles. The minimum Gasteiger partial charge on any atom is -0.501 e. The summed E-state index contributed by atoms with van der Waals surface area (Å²) in [5, 5.41) is 0. The lowest BCUT2D eigenvalue weighted by Crippen LogP contribution is -2.45. The maximum absolute atomic E-state index is 12.0. The first-order valence-electron chi connectivity index (χ1n) is 12.8. The first-order valence-corrected chi connectivity index (χ1v) is 12.8. The lowest BCUT2D eigenvalue weighted by molar-refractivity contribution is -0.152. The van der Waals surface area contributed by atoms with Crippen LogP contribution < -0.4 is 4.74 Å². The van der Waals surface area contributed by atoms with Gasteiger partial charge in [-0.05, 0) is 85.6 Å². The quantitative estimate of drug-likeness (QED) is 0.361. The van der Waals surface area contributed by atoms with E-state index in [0.29, 0.717) is 31.0 Å². The van der Waals surface area contributed by atoms with Crippen molar-refractivity contribution in [1.82, 2.24) is 0 Å². The van der Waals surface area contributed by atoms with Crippen molar-refractivity contribution < 1.29 is 19.0 Å². The van der Waals surface area contributed by atoms with Crippen molar-refractivity contribution in [3.63, 3.8) is 0 Å². The first kappa shape index (κ1) is 23.0. The van der Waals surface area contributed by atoms with Crippen LogP contribution in [0.1, 0.15) is 69.1 Å². The highest BCUT2D eigenvalue weighted by Crippen LogP contribution is 2.63. The van der Waals surface area contributed by atoms with Crippen LogP contribution in [0.5, 0.6) is 5.75 Å². The van der Waals surface area contributed by atoms with E-state index in [9.17, 15) is 4.79 Å². The van der Waals surface area contributed by atoms with Gasteiger partial charge in [0.1, 0.15) is 18.5 Å². The van der Waals surface area contributed by atoms with E-state index < -0.39 is 0 Å². The summed E-state index contributed by atoms with van der Waals surface area (Å²) in [4.78, 5) is 12.0. The van der Waals surface area contributed by atoms with E-state index in [0.717, 1.165) is 37.0 Å². The minimum atomic E-state index is -0.201. The standard InChI is InChI=1S/C30H36O4/c1-4-32-19-23-17-28-27-12-10-22-16-24(33-18-21-8-6-5-7-9-21)11-13-25(22)26(27)14-15-30(28,3)29(23)34-20(2)31/h5-9,11,13,16,19,26-29H,4,10,12,14-15,17-18H2,1-3H3/t26?,27?,28?,29-,30-/m0/s1. The Kier molecular flexibility index (Phi) is 6.42. The van der Waals surface area contributed by atoms with Gasteiger partial charge in [0.15, 0.2) is 0 Å². The molecule has 5 rings (SSSR count). The number of ether oxygens (including phenoxy) is 3. The van der Waals surface area contributed by atoms with E-state index in [4.69, 9.17) is 14.2 Å². The van der Waals surface area contributed by atoms with Crippen LogP contribution in [0.3, 0.4) is 0 Å². The largest absolute Gasteiger partial charge is 0.501 e. The van der Waals surface area contributed by atoms with Crippen molar-refractivity contribution in [2.75, 3.05) is 6.61 Å². The monoisotopic (exact) mass is 460 g/mol. The van der Waals surface area contributed by atoms with Crippen LogP contribution in [0.2, 0.25) is 0 Å². The molecule has 3 aliphatic rings. The van der Waals surface area contributed by atoms with Crippen molar-refractivity contribution in [3.05, 3.63) is 77.1 Å². The van der Waals surface area contributed by atoms with Gasteiger partial charge in [0.2, 0.25) is 0 Å². The topological polar surface area (TPSA) is 44.8 Å². The SMILES string of the molecule is CCOC=C1CC2C3CCc4cc(OCc5ccccc5)ccc4C3CC[C@]2(C)[C@H]1OC(C)=O. The lowest BCUT2D eigenvalue weighted by atomic mass is 9.55. The molecule has 2 fully saturated rings. The zero-order valence-electron chi connectivity index (χ0n) is 20.6. The van der Waals surface area contributed by atoms with Gasteiger partial charge in [0.25, 0.3) is 0 Å². The van der Waals surface area contributed by atoms with Gasteiger partial charge < -0.3 is 14.2 Å². The molecule has 5 atom stereocenters. The molecule has 0 aliphatic heterocycles. The Morgan fingerprint density at radius 3 is 2.74 bits per heavy atom. The lowest BCUT2D eigenvalue weighted by Gasteiger charge is -2.50.